The van der Waals surface area contributed by atoms with E-state index in [-0.39, 0.29) is 5.91 Å². The number of carbonyl (C=O) groups is 1. The Labute approximate surface area is 213 Å². The van der Waals surface area contributed by atoms with Crippen molar-refractivity contribution in [2.24, 2.45) is 4.99 Å². The summed E-state index contributed by atoms with van der Waals surface area (Å²) >= 11 is 0. The molecule has 0 spiro atoms. The monoisotopic (exact) mass is 486 g/mol. The third-order valence-corrected chi connectivity index (χ3v) is 6.03. The summed E-state index contributed by atoms with van der Waals surface area (Å²) in [5, 5.41) is 2.06. The van der Waals surface area contributed by atoms with Crippen LogP contribution >= 0.6 is 0 Å². The Morgan fingerprint density at radius 1 is 1.11 bits per heavy atom. The second kappa shape index (κ2) is 12.2. The first-order chi connectivity index (χ1) is 17.6. The van der Waals surface area contributed by atoms with E-state index in [9.17, 15) is 4.79 Å². The summed E-state index contributed by atoms with van der Waals surface area (Å²) in [7, 11) is 1.67. The number of hydrazine groups is 1. The van der Waals surface area contributed by atoms with Crippen molar-refractivity contribution in [3.8, 4) is 5.75 Å². The summed E-state index contributed by atoms with van der Waals surface area (Å²) < 4.78 is 10.7. The third-order valence-electron chi connectivity index (χ3n) is 6.03. The molecule has 4 rings (SSSR count). The van der Waals surface area contributed by atoms with Crippen molar-refractivity contribution in [3.63, 3.8) is 0 Å². The standard InChI is InChI=1S/C29H34N4O3/c1-4-5-7-26-8-6-9-28(23-12-16-27(35-3)17-13-23)33(26)31-22(2)30-25-14-10-24(11-15-25)29(34)32-18-20-36-21-19-32/h6-17H,4-5,18-21H2,1-3H3,(H,30,31)/b26-7+. The van der Waals surface area contributed by atoms with E-state index >= 15 is 0 Å². The van der Waals surface area contributed by atoms with E-state index in [1.165, 1.54) is 0 Å². The second-order valence-electron chi connectivity index (χ2n) is 8.65. The maximum atomic E-state index is 12.7. The van der Waals surface area contributed by atoms with Crippen molar-refractivity contribution < 1.29 is 14.3 Å². The Hall–Kier alpha value is -3.84. The Morgan fingerprint density at radius 3 is 2.50 bits per heavy atom. The van der Waals surface area contributed by atoms with Gasteiger partial charge in [-0.05, 0) is 74.0 Å². The smallest absolute Gasteiger partial charge is 0.254 e. The van der Waals surface area contributed by atoms with Crippen LogP contribution < -0.4 is 10.2 Å². The topological polar surface area (TPSA) is 66.4 Å². The minimum atomic E-state index is 0.0313. The van der Waals surface area contributed by atoms with E-state index in [0.717, 1.165) is 47.1 Å². The molecule has 2 heterocycles. The maximum Gasteiger partial charge on any atom is 0.254 e. The first kappa shape index (κ1) is 25.3. The average Bonchev–Trinajstić information content (AvgIpc) is 2.93. The molecule has 0 bridgehead atoms. The summed E-state index contributed by atoms with van der Waals surface area (Å²) in [6.45, 7) is 6.54. The van der Waals surface area contributed by atoms with Gasteiger partial charge < -0.3 is 14.4 Å². The van der Waals surface area contributed by atoms with E-state index in [0.29, 0.717) is 31.9 Å². The van der Waals surface area contributed by atoms with Gasteiger partial charge in [-0.15, -0.1) is 0 Å². The summed E-state index contributed by atoms with van der Waals surface area (Å²) in [6.07, 6.45) is 10.5. The number of hydrogen-bond donors (Lipinski definition) is 1. The molecule has 1 N–H and O–H groups in total. The number of aliphatic imine (C=N–C) groups is 1. The van der Waals surface area contributed by atoms with Crippen molar-refractivity contribution in [2.75, 3.05) is 33.4 Å². The quantitative estimate of drug-likeness (QED) is 0.424. The van der Waals surface area contributed by atoms with Gasteiger partial charge in [0, 0.05) is 24.2 Å². The predicted octanol–water partition coefficient (Wildman–Crippen LogP) is 5.32. The fraction of sp³-hybridized carbons (Fsp3) is 0.310. The van der Waals surface area contributed by atoms with Gasteiger partial charge >= 0.3 is 0 Å². The number of hydrogen-bond acceptors (Lipinski definition) is 5. The van der Waals surface area contributed by atoms with Gasteiger partial charge in [0.1, 0.15) is 11.6 Å². The molecule has 2 aromatic rings. The van der Waals surface area contributed by atoms with Crippen LogP contribution in [0.2, 0.25) is 0 Å². The lowest BCUT2D eigenvalue weighted by Gasteiger charge is -2.31. The van der Waals surface area contributed by atoms with Crippen LogP contribution in [0, 0.1) is 0 Å². The van der Waals surface area contributed by atoms with E-state index < -0.39 is 0 Å². The van der Waals surface area contributed by atoms with Crippen LogP contribution in [0.3, 0.4) is 0 Å². The van der Waals surface area contributed by atoms with Crippen LogP contribution in [0.1, 0.15) is 42.6 Å². The van der Waals surface area contributed by atoms with Crippen molar-refractivity contribution in [1.29, 1.82) is 0 Å². The first-order valence-electron chi connectivity index (χ1n) is 12.4. The van der Waals surface area contributed by atoms with Gasteiger partial charge in [0.05, 0.1) is 37.4 Å². The number of amides is 1. The SMILES string of the molecule is CCC/C=C1\C=CC=C(c2ccc(OC)cc2)N1NC(C)=Nc1ccc(C(=O)N2CCOCC2)cc1. The maximum absolute atomic E-state index is 12.7. The number of ether oxygens (including phenoxy) is 2. The summed E-state index contributed by atoms with van der Waals surface area (Å²) in [5.74, 6) is 1.59. The van der Waals surface area contributed by atoms with Crippen LogP contribution in [0.25, 0.3) is 5.70 Å². The van der Waals surface area contributed by atoms with Gasteiger partial charge in [0.2, 0.25) is 0 Å². The number of methoxy groups -OCH3 is 1. The zero-order valence-corrected chi connectivity index (χ0v) is 21.2. The Morgan fingerprint density at radius 2 is 1.83 bits per heavy atom. The predicted molar refractivity (Wildman–Crippen MR) is 144 cm³/mol. The van der Waals surface area contributed by atoms with Gasteiger partial charge in [-0.1, -0.05) is 25.5 Å². The van der Waals surface area contributed by atoms with Gasteiger partial charge in [-0.3, -0.25) is 15.2 Å². The zero-order valence-electron chi connectivity index (χ0n) is 21.2. The van der Waals surface area contributed by atoms with E-state index in [1.807, 2.05) is 60.4 Å². The molecular weight excluding hydrogens is 452 g/mol. The van der Waals surface area contributed by atoms with Crippen molar-refractivity contribution >= 4 is 23.1 Å². The molecule has 0 aliphatic carbocycles. The Bertz CT molecular complexity index is 1160. The number of carbonyl (C=O) groups excluding carboxylic acids is 1. The molecule has 7 heteroatoms. The fourth-order valence-corrected chi connectivity index (χ4v) is 4.10. The van der Waals surface area contributed by atoms with Gasteiger partial charge in [0.15, 0.2) is 0 Å². The van der Waals surface area contributed by atoms with Crippen LogP contribution in [-0.2, 0) is 4.74 Å². The molecule has 2 aliphatic rings. The highest BCUT2D eigenvalue weighted by atomic mass is 16.5. The summed E-state index contributed by atoms with van der Waals surface area (Å²) in [4.78, 5) is 19.3. The number of morpholine rings is 1. The van der Waals surface area contributed by atoms with Gasteiger partial charge in [0.25, 0.3) is 5.91 Å². The Balaban J connectivity index is 1.52. The number of nitrogens with zero attached hydrogens (tertiary/aromatic N) is 3. The highest BCUT2D eigenvalue weighted by molar-refractivity contribution is 5.94. The van der Waals surface area contributed by atoms with Gasteiger partial charge in [-0.2, -0.15) is 0 Å². The van der Waals surface area contributed by atoms with Crippen molar-refractivity contribution in [1.82, 2.24) is 15.3 Å². The number of amidine groups is 1. The molecule has 36 heavy (non-hydrogen) atoms. The molecular formula is C29H34N4O3. The second-order valence-corrected chi connectivity index (χ2v) is 8.65. The molecule has 2 aromatic carbocycles. The third kappa shape index (κ3) is 6.23. The fourth-order valence-electron chi connectivity index (χ4n) is 4.10. The lowest BCUT2D eigenvalue weighted by Crippen LogP contribution is -2.40. The molecule has 0 unspecified atom stereocenters. The average molecular weight is 487 g/mol. The van der Waals surface area contributed by atoms with Crippen LogP contribution in [0.4, 0.5) is 5.69 Å². The molecule has 188 valence electrons. The molecule has 7 nitrogen and oxygen atoms in total. The number of allylic oxidation sites excluding steroid dienone is 4. The lowest BCUT2D eigenvalue weighted by molar-refractivity contribution is 0.0303. The molecule has 2 aliphatic heterocycles. The normalized spacial score (nSPS) is 17.2. The number of benzene rings is 2. The van der Waals surface area contributed by atoms with Crippen LogP contribution in [0.5, 0.6) is 5.75 Å². The summed E-state index contributed by atoms with van der Waals surface area (Å²) in [5.41, 5.74) is 8.05. The van der Waals surface area contributed by atoms with E-state index in [1.54, 1.807) is 7.11 Å². The number of nitrogens with one attached hydrogen (secondary N) is 1. The first-order valence-corrected chi connectivity index (χ1v) is 12.4. The van der Waals surface area contributed by atoms with E-state index in [2.05, 4.69) is 41.7 Å². The number of rotatable bonds is 7. The van der Waals surface area contributed by atoms with Crippen LogP contribution in [-0.4, -0.2) is 55.1 Å². The lowest BCUT2D eigenvalue weighted by atomic mass is 10.1. The molecule has 0 radical (unpaired) electrons. The van der Waals surface area contributed by atoms with Crippen molar-refractivity contribution in [2.45, 2.75) is 26.7 Å². The molecule has 0 saturated carbocycles. The van der Waals surface area contributed by atoms with Crippen molar-refractivity contribution in [3.05, 3.63) is 89.7 Å². The zero-order chi connectivity index (χ0) is 25.3. The molecule has 1 fully saturated rings. The molecule has 1 saturated heterocycles. The minimum Gasteiger partial charge on any atom is -0.497 e. The molecule has 0 atom stereocenters. The minimum absolute atomic E-state index is 0.0313. The van der Waals surface area contributed by atoms with Crippen LogP contribution in [0.15, 0.2) is 83.5 Å². The number of unbranched alkanes of at least 4 members (excludes halogenated alkanes) is 1. The molecule has 1 amide bonds. The van der Waals surface area contributed by atoms with E-state index in [4.69, 9.17) is 14.5 Å². The van der Waals surface area contributed by atoms with Gasteiger partial charge in [-0.25, -0.2) is 4.99 Å². The summed E-state index contributed by atoms with van der Waals surface area (Å²) in [6, 6.07) is 15.4. The molecule has 0 aromatic heterocycles. The highest BCUT2D eigenvalue weighted by Gasteiger charge is 2.19. The Kier molecular flexibility index (Phi) is 8.57. The highest BCUT2D eigenvalue weighted by Crippen LogP contribution is 2.28. The largest absolute Gasteiger partial charge is 0.497 e.